The zero-order valence-electron chi connectivity index (χ0n) is 11.5. The molecule has 0 unspecified atom stereocenters. The number of rotatable bonds is 6. The monoisotopic (exact) mass is 284 g/mol. The van der Waals surface area contributed by atoms with Crippen molar-refractivity contribution in [2.75, 3.05) is 5.32 Å². The van der Waals surface area contributed by atoms with Crippen LogP contribution in [0, 0.1) is 0 Å². The van der Waals surface area contributed by atoms with Crippen LogP contribution >= 0.6 is 0 Å². The van der Waals surface area contributed by atoms with Gasteiger partial charge in [0, 0.05) is 24.0 Å². The van der Waals surface area contributed by atoms with Gasteiger partial charge in [0.15, 0.2) is 0 Å². The molecule has 0 aliphatic carbocycles. The molecule has 0 fully saturated rings. The summed E-state index contributed by atoms with van der Waals surface area (Å²) in [6, 6.07) is 12.5. The first-order valence-corrected chi connectivity index (χ1v) is 6.64. The summed E-state index contributed by atoms with van der Waals surface area (Å²) >= 11 is 0. The Kier molecular flexibility index (Phi) is 5.04. The zero-order valence-corrected chi connectivity index (χ0v) is 11.5. The highest BCUT2D eigenvalue weighted by Gasteiger charge is 2.09. The van der Waals surface area contributed by atoms with Gasteiger partial charge in [0.25, 0.3) is 0 Å². The minimum absolute atomic E-state index is 0.114. The van der Waals surface area contributed by atoms with Crippen molar-refractivity contribution in [1.82, 2.24) is 4.98 Å². The van der Waals surface area contributed by atoms with E-state index >= 15 is 0 Å². The summed E-state index contributed by atoms with van der Waals surface area (Å²) in [6.45, 7) is 0. The minimum atomic E-state index is -0.926. The maximum Gasteiger partial charge on any atom is 0.307 e. The Labute approximate surface area is 122 Å². The molecule has 2 rings (SSSR count). The summed E-state index contributed by atoms with van der Waals surface area (Å²) in [5, 5.41) is 11.6. The average Bonchev–Trinajstić information content (AvgIpc) is 2.48. The molecule has 1 aromatic carbocycles. The molecule has 0 saturated heterocycles. The van der Waals surface area contributed by atoms with Gasteiger partial charge in [-0.3, -0.25) is 14.6 Å². The van der Waals surface area contributed by atoms with Gasteiger partial charge in [-0.05, 0) is 30.2 Å². The van der Waals surface area contributed by atoms with Gasteiger partial charge in [-0.15, -0.1) is 0 Å². The Morgan fingerprint density at radius 2 is 1.86 bits per heavy atom. The minimum Gasteiger partial charge on any atom is -0.481 e. The van der Waals surface area contributed by atoms with E-state index in [4.69, 9.17) is 5.11 Å². The number of benzene rings is 1. The molecule has 2 N–H and O–H groups in total. The summed E-state index contributed by atoms with van der Waals surface area (Å²) in [5.74, 6) is -1.08. The molecule has 1 heterocycles. The van der Waals surface area contributed by atoms with Crippen LogP contribution in [-0.2, 0) is 22.4 Å². The third-order valence-corrected chi connectivity index (χ3v) is 2.97. The zero-order chi connectivity index (χ0) is 15.1. The topological polar surface area (TPSA) is 79.3 Å². The fourth-order valence-electron chi connectivity index (χ4n) is 1.96. The lowest BCUT2D eigenvalue weighted by molar-refractivity contribution is -0.136. The molecule has 5 heteroatoms. The maximum absolute atomic E-state index is 11.9. The van der Waals surface area contributed by atoms with Gasteiger partial charge in [-0.1, -0.05) is 24.3 Å². The number of para-hydroxylation sites is 1. The van der Waals surface area contributed by atoms with Crippen LogP contribution in [0.2, 0.25) is 0 Å². The van der Waals surface area contributed by atoms with Crippen LogP contribution in [0.5, 0.6) is 0 Å². The van der Waals surface area contributed by atoms with Crippen molar-refractivity contribution in [2.24, 2.45) is 0 Å². The maximum atomic E-state index is 11.9. The number of carbonyl (C=O) groups excluding carboxylic acids is 1. The van der Waals surface area contributed by atoms with Crippen LogP contribution < -0.4 is 5.32 Å². The Morgan fingerprint density at radius 1 is 1.10 bits per heavy atom. The molecule has 0 aliphatic rings. The summed E-state index contributed by atoms with van der Waals surface area (Å²) in [4.78, 5) is 26.9. The van der Waals surface area contributed by atoms with Gasteiger partial charge in [0.2, 0.25) is 5.91 Å². The third-order valence-electron chi connectivity index (χ3n) is 2.97. The standard InChI is InChI=1S/C16H16N2O3/c19-15(9-8-13-6-3-4-10-17-13)18-14-7-2-1-5-12(14)11-16(20)21/h1-7,10H,8-9,11H2,(H,18,19)(H,20,21). The van der Waals surface area contributed by atoms with Gasteiger partial charge in [-0.2, -0.15) is 0 Å². The van der Waals surface area contributed by atoms with Crippen molar-refractivity contribution in [2.45, 2.75) is 19.3 Å². The van der Waals surface area contributed by atoms with Gasteiger partial charge in [-0.25, -0.2) is 0 Å². The van der Waals surface area contributed by atoms with E-state index in [1.807, 2.05) is 18.2 Å². The lowest BCUT2D eigenvalue weighted by Gasteiger charge is -2.09. The fourth-order valence-corrected chi connectivity index (χ4v) is 1.96. The largest absolute Gasteiger partial charge is 0.481 e. The Morgan fingerprint density at radius 3 is 2.57 bits per heavy atom. The van der Waals surface area contributed by atoms with E-state index < -0.39 is 5.97 Å². The van der Waals surface area contributed by atoms with Crippen molar-refractivity contribution >= 4 is 17.6 Å². The van der Waals surface area contributed by atoms with Crippen molar-refractivity contribution in [3.05, 3.63) is 59.9 Å². The van der Waals surface area contributed by atoms with Gasteiger partial charge >= 0.3 is 5.97 Å². The van der Waals surface area contributed by atoms with E-state index in [9.17, 15) is 9.59 Å². The molecule has 0 bridgehead atoms. The number of hydrogen-bond acceptors (Lipinski definition) is 3. The summed E-state index contributed by atoms with van der Waals surface area (Å²) < 4.78 is 0. The molecular formula is C16H16N2O3. The van der Waals surface area contributed by atoms with E-state index in [0.717, 1.165) is 5.69 Å². The quantitative estimate of drug-likeness (QED) is 0.853. The van der Waals surface area contributed by atoms with E-state index in [0.29, 0.717) is 24.1 Å². The van der Waals surface area contributed by atoms with Crippen molar-refractivity contribution in [3.63, 3.8) is 0 Å². The molecular weight excluding hydrogens is 268 g/mol. The highest BCUT2D eigenvalue weighted by Crippen LogP contribution is 2.16. The molecule has 1 amide bonds. The molecule has 0 spiro atoms. The van der Waals surface area contributed by atoms with E-state index in [2.05, 4.69) is 10.3 Å². The third kappa shape index (κ3) is 4.72. The second-order valence-electron chi connectivity index (χ2n) is 4.60. The van der Waals surface area contributed by atoms with Crippen LogP contribution in [-0.4, -0.2) is 22.0 Å². The Balaban J connectivity index is 1.95. The molecule has 0 saturated carbocycles. The van der Waals surface area contributed by atoms with Crippen LogP contribution in [0.3, 0.4) is 0 Å². The number of anilines is 1. The molecule has 2 aromatic rings. The summed E-state index contributed by atoms with van der Waals surface area (Å²) in [5.41, 5.74) is 1.99. The Bertz CT molecular complexity index is 626. The number of pyridine rings is 1. The van der Waals surface area contributed by atoms with Crippen LogP contribution in [0.25, 0.3) is 0 Å². The first-order chi connectivity index (χ1) is 10.1. The number of aliphatic carboxylic acids is 1. The number of nitrogens with zero attached hydrogens (tertiary/aromatic N) is 1. The van der Waals surface area contributed by atoms with Gasteiger partial charge in [0.1, 0.15) is 0 Å². The van der Waals surface area contributed by atoms with Crippen molar-refractivity contribution in [1.29, 1.82) is 0 Å². The van der Waals surface area contributed by atoms with E-state index in [1.165, 1.54) is 0 Å². The van der Waals surface area contributed by atoms with Gasteiger partial charge in [0.05, 0.1) is 6.42 Å². The predicted octanol–water partition coefficient (Wildman–Crippen LogP) is 2.28. The second-order valence-corrected chi connectivity index (χ2v) is 4.60. The highest BCUT2D eigenvalue weighted by molar-refractivity contribution is 5.92. The number of aromatic nitrogens is 1. The summed E-state index contributed by atoms with van der Waals surface area (Å²) in [7, 11) is 0. The molecule has 0 radical (unpaired) electrons. The molecule has 0 atom stereocenters. The number of carbonyl (C=O) groups is 2. The molecule has 21 heavy (non-hydrogen) atoms. The lowest BCUT2D eigenvalue weighted by Crippen LogP contribution is -2.15. The Hall–Kier alpha value is -2.69. The number of nitrogens with one attached hydrogen (secondary N) is 1. The highest BCUT2D eigenvalue weighted by atomic mass is 16.4. The molecule has 1 aromatic heterocycles. The van der Waals surface area contributed by atoms with Crippen LogP contribution in [0.15, 0.2) is 48.7 Å². The van der Waals surface area contributed by atoms with Crippen LogP contribution in [0.1, 0.15) is 17.7 Å². The number of carboxylic acid groups (broad SMARTS) is 1. The number of amides is 1. The normalized spacial score (nSPS) is 10.1. The van der Waals surface area contributed by atoms with Gasteiger partial charge < -0.3 is 10.4 Å². The first kappa shape index (κ1) is 14.7. The van der Waals surface area contributed by atoms with Crippen molar-refractivity contribution in [3.8, 4) is 0 Å². The predicted molar refractivity (Wildman–Crippen MR) is 79.0 cm³/mol. The number of carboxylic acids is 1. The fraction of sp³-hybridized carbons (Fsp3) is 0.188. The lowest BCUT2D eigenvalue weighted by atomic mass is 10.1. The first-order valence-electron chi connectivity index (χ1n) is 6.64. The summed E-state index contributed by atoms with van der Waals surface area (Å²) in [6.07, 6.45) is 2.43. The van der Waals surface area contributed by atoms with Crippen LogP contribution in [0.4, 0.5) is 5.69 Å². The van der Waals surface area contributed by atoms with E-state index in [-0.39, 0.29) is 12.3 Å². The second kappa shape index (κ2) is 7.19. The molecule has 108 valence electrons. The van der Waals surface area contributed by atoms with E-state index in [1.54, 1.807) is 30.5 Å². The smallest absolute Gasteiger partial charge is 0.307 e. The number of aryl methyl sites for hydroxylation is 1. The average molecular weight is 284 g/mol. The SMILES string of the molecule is O=C(O)Cc1ccccc1NC(=O)CCc1ccccn1. The molecule has 0 aliphatic heterocycles. The van der Waals surface area contributed by atoms with Crippen molar-refractivity contribution < 1.29 is 14.7 Å². The number of hydrogen-bond donors (Lipinski definition) is 2. The molecule has 5 nitrogen and oxygen atoms in total.